The van der Waals surface area contributed by atoms with Crippen molar-refractivity contribution in [2.24, 2.45) is 11.8 Å². The van der Waals surface area contributed by atoms with E-state index in [1.165, 1.54) is 0 Å². The van der Waals surface area contributed by atoms with E-state index in [2.05, 4.69) is 10.6 Å². The van der Waals surface area contributed by atoms with E-state index in [9.17, 15) is 19.5 Å². The molecule has 0 radical (unpaired) electrons. The van der Waals surface area contributed by atoms with Gasteiger partial charge < -0.3 is 15.7 Å². The standard InChI is InChI=1S/C18H31N3O4/c1-11(2)15(20-16(22)12(3)19-4)17(23)21(18(24)25)10-9-13-7-5-6-8-14(13)21/h11-15,19H,5-10H2,1-4H3,(H-,20,22,24,25)/p+1. The third-order valence-electron chi connectivity index (χ3n) is 6.08. The van der Waals surface area contributed by atoms with Gasteiger partial charge in [-0.2, -0.15) is 9.28 Å². The molecule has 25 heavy (non-hydrogen) atoms. The van der Waals surface area contributed by atoms with Crippen LogP contribution in [-0.2, 0) is 9.59 Å². The van der Waals surface area contributed by atoms with Gasteiger partial charge in [-0.1, -0.05) is 20.3 Å². The van der Waals surface area contributed by atoms with Gasteiger partial charge in [0.15, 0.2) is 0 Å². The average Bonchev–Trinajstić information content (AvgIpc) is 2.98. The fourth-order valence-electron chi connectivity index (χ4n) is 4.42. The molecule has 2 aliphatic rings. The number of hydrogen-bond donors (Lipinski definition) is 3. The molecule has 3 N–H and O–H groups in total. The summed E-state index contributed by atoms with van der Waals surface area (Å²) in [4.78, 5) is 37.9. The maximum Gasteiger partial charge on any atom is 0.521 e. The summed E-state index contributed by atoms with van der Waals surface area (Å²) in [5.41, 5.74) is 0. The van der Waals surface area contributed by atoms with Crippen molar-refractivity contribution in [1.29, 1.82) is 0 Å². The molecule has 0 aromatic heterocycles. The molecule has 0 aromatic carbocycles. The summed E-state index contributed by atoms with van der Waals surface area (Å²) in [5.74, 6) is -0.517. The highest BCUT2D eigenvalue weighted by molar-refractivity contribution is 5.90. The first-order chi connectivity index (χ1) is 11.8. The fourth-order valence-corrected chi connectivity index (χ4v) is 4.42. The monoisotopic (exact) mass is 354 g/mol. The molecule has 5 unspecified atom stereocenters. The van der Waals surface area contributed by atoms with Crippen LogP contribution < -0.4 is 10.6 Å². The molecule has 5 atom stereocenters. The first-order valence-electron chi connectivity index (χ1n) is 9.39. The normalized spacial score (nSPS) is 31.2. The van der Waals surface area contributed by atoms with Gasteiger partial charge in [0.1, 0.15) is 12.1 Å². The van der Waals surface area contributed by atoms with Crippen LogP contribution in [0.2, 0.25) is 0 Å². The number of amides is 3. The molecule has 0 spiro atoms. The summed E-state index contributed by atoms with van der Waals surface area (Å²) in [6, 6.07) is -1.38. The summed E-state index contributed by atoms with van der Waals surface area (Å²) >= 11 is 0. The van der Waals surface area contributed by atoms with Gasteiger partial charge in [0, 0.05) is 18.8 Å². The van der Waals surface area contributed by atoms with E-state index in [4.69, 9.17) is 0 Å². The van der Waals surface area contributed by atoms with E-state index in [0.717, 1.165) is 32.1 Å². The molecule has 7 nitrogen and oxygen atoms in total. The molecule has 2 fully saturated rings. The molecule has 2 rings (SSSR count). The zero-order chi connectivity index (χ0) is 18.8. The Balaban J connectivity index is 2.31. The third kappa shape index (κ3) is 3.58. The van der Waals surface area contributed by atoms with Gasteiger partial charge in [-0.25, -0.2) is 4.79 Å². The number of imide groups is 1. The number of nitrogens with one attached hydrogen (secondary N) is 2. The molecule has 142 valence electrons. The van der Waals surface area contributed by atoms with Gasteiger partial charge in [0.2, 0.25) is 5.91 Å². The van der Waals surface area contributed by atoms with E-state index >= 15 is 0 Å². The maximum absolute atomic E-state index is 13.4. The summed E-state index contributed by atoms with van der Waals surface area (Å²) in [5, 5.41) is 15.7. The van der Waals surface area contributed by atoms with Gasteiger partial charge in [-0.05, 0) is 32.7 Å². The van der Waals surface area contributed by atoms with E-state index < -0.39 is 22.7 Å². The molecule has 7 heteroatoms. The Kier molecular flexibility index (Phi) is 6.21. The number of hydrogen-bond acceptors (Lipinski definition) is 4. The second-order valence-electron chi connectivity index (χ2n) is 7.85. The van der Waals surface area contributed by atoms with E-state index in [-0.39, 0.29) is 23.8 Å². The topological polar surface area (TPSA) is 95.5 Å². The number of rotatable bonds is 5. The SMILES string of the molecule is CNC(C)C(=O)NC(C(=O)[N+]1(C(=O)O)CCC2CCCCC21)C(C)C. The lowest BCUT2D eigenvalue weighted by molar-refractivity contribution is -0.799. The molecule has 1 saturated heterocycles. The van der Waals surface area contributed by atoms with Crippen LogP contribution in [0.15, 0.2) is 0 Å². The van der Waals surface area contributed by atoms with Crippen molar-refractivity contribution in [3.05, 3.63) is 0 Å². The number of likely N-dealkylation sites (tertiary alicyclic amines) is 1. The van der Waals surface area contributed by atoms with Crippen molar-refractivity contribution in [1.82, 2.24) is 10.6 Å². The number of carbonyl (C=O) groups excluding carboxylic acids is 2. The molecule has 1 saturated carbocycles. The van der Waals surface area contributed by atoms with Crippen molar-refractivity contribution in [2.75, 3.05) is 13.6 Å². The predicted octanol–water partition coefficient (Wildman–Crippen LogP) is 1.72. The minimum Gasteiger partial charge on any atom is -0.435 e. The van der Waals surface area contributed by atoms with Gasteiger partial charge >= 0.3 is 12.0 Å². The largest absolute Gasteiger partial charge is 0.521 e. The smallest absolute Gasteiger partial charge is 0.435 e. The van der Waals surface area contributed by atoms with Gasteiger partial charge in [-0.3, -0.25) is 4.79 Å². The zero-order valence-corrected chi connectivity index (χ0v) is 15.7. The number of fused-ring (bicyclic) bond motifs is 1. The summed E-state index contributed by atoms with van der Waals surface area (Å²) < 4.78 is -0.512. The molecule has 1 aliphatic carbocycles. The Morgan fingerprint density at radius 2 is 1.72 bits per heavy atom. The van der Waals surface area contributed by atoms with Crippen LogP contribution in [0, 0.1) is 11.8 Å². The Bertz CT molecular complexity index is 536. The Labute approximate surface area is 149 Å². The van der Waals surface area contributed by atoms with E-state index in [1.807, 2.05) is 13.8 Å². The molecule has 1 aliphatic heterocycles. The second kappa shape index (κ2) is 7.83. The van der Waals surface area contributed by atoms with Crippen LogP contribution in [0.1, 0.15) is 52.9 Å². The average molecular weight is 354 g/mol. The first-order valence-corrected chi connectivity index (χ1v) is 9.39. The molecular formula is C18H32N3O4+. The van der Waals surface area contributed by atoms with Crippen molar-refractivity contribution in [3.8, 4) is 0 Å². The molecular weight excluding hydrogens is 322 g/mol. The summed E-state index contributed by atoms with van der Waals surface area (Å²) in [7, 11) is 1.68. The number of nitrogens with zero attached hydrogens (tertiary/aromatic N) is 1. The Hall–Kier alpha value is -1.47. The number of likely N-dealkylation sites (N-methyl/N-ethyl adjacent to an activating group) is 1. The van der Waals surface area contributed by atoms with Crippen LogP contribution in [0.5, 0.6) is 0 Å². The third-order valence-corrected chi connectivity index (χ3v) is 6.08. The van der Waals surface area contributed by atoms with Crippen LogP contribution in [0.25, 0.3) is 0 Å². The Morgan fingerprint density at radius 3 is 2.28 bits per heavy atom. The van der Waals surface area contributed by atoms with Crippen molar-refractivity contribution in [3.63, 3.8) is 0 Å². The lowest BCUT2D eigenvalue weighted by Gasteiger charge is -2.38. The highest BCUT2D eigenvalue weighted by Crippen LogP contribution is 2.42. The van der Waals surface area contributed by atoms with Gasteiger partial charge in [0.05, 0.1) is 12.6 Å². The van der Waals surface area contributed by atoms with Crippen molar-refractivity contribution in [2.45, 2.75) is 71.0 Å². The van der Waals surface area contributed by atoms with Crippen LogP contribution in [-0.4, -0.2) is 59.2 Å². The lowest BCUT2D eigenvalue weighted by Crippen LogP contribution is -2.67. The summed E-state index contributed by atoms with van der Waals surface area (Å²) in [6.07, 6.45) is 3.56. The highest BCUT2D eigenvalue weighted by atomic mass is 16.4. The highest BCUT2D eigenvalue weighted by Gasteiger charge is 2.61. The predicted molar refractivity (Wildman–Crippen MR) is 93.8 cm³/mol. The summed E-state index contributed by atoms with van der Waals surface area (Å²) in [6.45, 7) is 5.75. The number of quaternary nitrogens is 1. The van der Waals surface area contributed by atoms with Crippen LogP contribution >= 0.6 is 0 Å². The minimum absolute atomic E-state index is 0.154. The first kappa shape index (κ1) is 19.8. The minimum atomic E-state index is -1.07. The quantitative estimate of drug-likeness (QED) is 0.654. The van der Waals surface area contributed by atoms with E-state index in [1.54, 1.807) is 14.0 Å². The van der Waals surface area contributed by atoms with Gasteiger partial charge in [-0.15, -0.1) is 0 Å². The zero-order valence-electron chi connectivity index (χ0n) is 15.7. The molecule has 3 amide bonds. The van der Waals surface area contributed by atoms with Crippen LogP contribution in [0.3, 0.4) is 0 Å². The maximum atomic E-state index is 13.4. The lowest BCUT2D eigenvalue weighted by atomic mass is 9.84. The number of carbonyl (C=O) groups is 3. The van der Waals surface area contributed by atoms with Crippen molar-refractivity contribution >= 4 is 17.9 Å². The molecule has 1 heterocycles. The van der Waals surface area contributed by atoms with E-state index in [0.29, 0.717) is 12.5 Å². The number of carboxylic acid groups (broad SMARTS) is 1. The second-order valence-corrected chi connectivity index (χ2v) is 7.85. The van der Waals surface area contributed by atoms with Crippen molar-refractivity contribution < 1.29 is 24.0 Å². The fraction of sp³-hybridized carbons (Fsp3) is 0.833. The molecule has 0 bridgehead atoms. The molecule has 0 aromatic rings. The Morgan fingerprint density at radius 1 is 1.08 bits per heavy atom. The van der Waals surface area contributed by atoms with Gasteiger partial charge in [0.25, 0.3) is 0 Å². The van der Waals surface area contributed by atoms with Crippen LogP contribution in [0.4, 0.5) is 4.79 Å².